The van der Waals surface area contributed by atoms with Crippen LogP contribution in [0.2, 0.25) is 0 Å². The van der Waals surface area contributed by atoms with Crippen LogP contribution in [0.4, 0.5) is 4.39 Å². The second-order valence-electron chi connectivity index (χ2n) is 6.85. The largest absolute Gasteiger partial charge is 0.489 e. The number of para-hydroxylation sites is 1. The Kier molecular flexibility index (Phi) is 5.66. The SMILES string of the molecule is C=CN=CN(C)CCOc1cc(Oc2ccccc2)cc2c1[nH]c1ccc(F)cc12. The topological polar surface area (TPSA) is 49.9 Å². The van der Waals surface area contributed by atoms with E-state index in [-0.39, 0.29) is 5.82 Å². The lowest BCUT2D eigenvalue weighted by Gasteiger charge is -2.15. The molecule has 3 aromatic carbocycles. The first-order chi connectivity index (χ1) is 14.6. The molecule has 0 spiro atoms. The van der Waals surface area contributed by atoms with Gasteiger partial charge in [0.15, 0.2) is 0 Å². The fourth-order valence-electron chi connectivity index (χ4n) is 3.23. The van der Waals surface area contributed by atoms with Gasteiger partial charge in [-0.3, -0.25) is 0 Å². The van der Waals surface area contributed by atoms with Gasteiger partial charge in [0, 0.05) is 35.6 Å². The van der Waals surface area contributed by atoms with Crippen LogP contribution in [0.1, 0.15) is 0 Å². The molecule has 5 nitrogen and oxygen atoms in total. The van der Waals surface area contributed by atoms with E-state index in [2.05, 4.69) is 16.6 Å². The Bertz CT molecular complexity index is 1200. The van der Waals surface area contributed by atoms with Crippen LogP contribution in [0.5, 0.6) is 17.2 Å². The number of fused-ring (bicyclic) bond motifs is 3. The molecule has 0 saturated carbocycles. The second-order valence-corrected chi connectivity index (χ2v) is 6.85. The maximum atomic E-state index is 13.9. The van der Waals surface area contributed by atoms with Gasteiger partial charge >= 0.3 is 0 Å². The summed E-state index contributed by atoms with van der Waals surface area (Å²) in [6, 6.07) is 17.9. The first kappa shape index (κ1) is 19.5. The Morgan fingerprint density at radius 2 is 1.90 bits per heavy atom. The summed E-state index contributed by atoms with van der Waals surface area (Å²) in [7, 11) is 1.91. The molecule has 0 aliphatic carbocycles. The van der Waals surface area contributed by atoms with Crippen LogP contribution >= 0.6 is 0 Å². The lowest BCUT2D eigenvalue weighted by atomic mass is 10.1. The molecule has 1 aromatic heterocycles. The number of halogens is 1. The molecule has 0 amide bonds. The first-order valence-corrected chi connectivity index (χ1v) is 9.59. The minimum atomic E-state index is -0.289. The highest BCUT2D eigenvalue weighted by molar-refractivity contribution is 6.09. The van der Waals surface area contributed by atoms with Gasteiger partial charge in [0.2, 0.25) is 0 Å². The number of rotatable bonds is 8. The molecule has 4 aromatic rings. The van der Waals surface area contributed by atoms with Gasteiger partial charge in [0.05, 0.1) is 18.4 Å². The summed E-state index contributed by atoms with van der Waals surface area (Å²) in [6.45, 7) is 4.64. The highest BCUT2D eigenvalue weighted by Gasteiger charge is 2.14. The zero-order valence-electron chi connectivity index (χ0n) is 16.6. The highest BCUT2D eigenvalue weighted by atomic mass is 19.1. The van der Waals surface area contributed by atoms with Crippen molar-refractivity contribution in [3.05, 3.63) is 79.3 Å². The van der Waals surface area contributed by atoms with Crippen LogP contribution in [0.25, 0.3) is 21.8 Å². The third-order valence-corrected chi connectivity index (χ3v) is 4.66. The van der Waals surface area contributed by atoms with Crippen molar-refractivity contribution in [2.45, 2.75) is 0 Å². The molecule has 0 unspecified atom stereocenters. The van der Waals surface area contributed by atoms with Crippen molar-refractivity contribution in [1.29, 1.82) is 0 Å². The quantitative estimate of drug-likeness (QED) is 0.302. The van der Waals surface area contributed by atoms with Crippen molar-refractivity contribution < 1.29 is 13.9 Å². The van der Waals surface area contributed by atoms with E-state index in [4.69, 9.17) is 9.47 Å². The third kappa shape index (κ3) is 4.27. The van der Waals surface area contributed by atoms with Crippen LogP contribution in [0, 0.1) is 5.82 Å². The third-order valence-electron chi connectivity index (χ3n) is 4.66. The van der Waals surface area contributed by atoms with Gasteiger partial charge in [0.1, 0.15) is 29.7 Å². The highest BCUT2D eigenvalue weighted by Crippen LogP contribution is 2.37. The van der Waals surface area contributed by atoms with Gasteiger partial charge in [-0.2, -0.15) is 0 Å². The number of hydrogen-bond acceptors (Lipinski definition) is 3. The van der Waals surface area contributed by atoms with E-state index in [0.29, 0.717) is 30.4 Å². The molecule has 30 heavy (non-hydrogen) atoms. The van der Waals surface area contributed by atoms with Crippen molar-refractivity contribution in [2.24, 2.45) is 4.99 Å². The minimum absolute atomic E-state index is 0.289. The molecule has 0 bridgehead atoms. The summed E-state index contributed by atoms with van der Waals surface area (Å²) in [6.07, 6.45) is 3.17. The van der Waals surface area contributed by atoms with Gasteiger partial charge < -0.3 is 19.4 Å². The standard InChI is InChI=1S/C24H22FN3O2/c1-3-26-16-28(2)11-12-29-23-15-19(30-18-7-5-4-6-8-18)14-21-20-13-17(25)9-10-22(20)27-24(21)23/h3-10,13-16,27H,1,11-12H2,2H3. The van der Waals surface area contributed by atoms with Crippen molar-refractivity contribution in [3.63, 3.8) is 0 Å². The predicted molar refractivity (Wildman–Crippen MR) is 119 cm³/mol. The molecule has 0 saturated heterocycles. The van der Waals surface area contributed by atoms with Gasteiger partial charge in [-0.25, -0.2) is 9.38 Å². The van der Waals surface area contributed by atoms with E-state index in [9.17, 15) is 4.39 Å². The van der Waals surface area contributed by atoms with E-state index in [0.717, 1.165) is 21.8 Å². The summed E-state index contributed by atoms with van der Waals surface area (Å²) >= 11 is 0. The molecule has 4 rings (SSSR count). The molecule has 6 heteroatoms. The molecule has 0 atom stereocenters. The van der Waals surface area contributed by atoms with E-state index >= 15 is 0 Å². The monoisotopic (exact) mass is 403 g/mol. The van der Waals surface area contributed by atoms with Gasteiger partial charge in [0.25, 0.3) is 0 Å². The van der Waals surface area contributed by atoms with E-state index in [1.54, 1.807) is 12.4 Å². The normalized spacial score (nSPS) is 11.3. The van der Waals surface area contributed by atoms with E-state index in [1.807, 2.05) is 54.4 Å². The van der Waals surface area contributed by atoms with Crippen LogP contribution in [0.15, 0.2) is 78.4 Å². The smallest absolute Gasteiger partial charge is 0.147 e. The first-order valence-electron chi connectivity index (χ1n) is 9.59. The number of aliphatic imine (C=N–C) groups is 1. The maximum Gasteiger partial charge on any atom is 0.147 e. The molecule has 0 radical (unpaired) electrons. The Morgan fingerprint density at radius 1 is 1.07 bits per heavy atom. The van der Waals surface area contributed by atoms with Gasteiger partial charge in [-0.1, -0.05) is 24.8 Å². The molecule has 0 fully saturated rings. The Hall–Kier alpha value is -3.80. The number of likely N-dealkylation sites (N-methyl/N-ethyl adjacent to an activating group) is 1. The zero-order chi connectivity index (χ0) is 20.9. The van der Waals surface area contributed by atoms with Crippen molar-refractivity contribution in [3.8, 4) is 17.2 Å². The molecule has 0 aliphatic heterocycles. The Labute approximate surface area is 174 Å². The number of hydrogen-bond donors (Lipinski definition) is 1. The van der Waals surface area contributed by atoms with Gasteiger partial charge in [-0.05, 0) is 36.4 Å². The molecule has 1 N–H and O–H groups in total. The average Bonchev–Trinajstić information content (AvgIpc) is 3.11. The zero-order valence-corrected chi connectivity index (χ0v) is 16.6. The lowest BCUT2D eigenvalue weighted by Crippen LogP contribution is -2.22. The molecule has 1 heterocycles. The number of nitrogens with zero attached hydrogens (tertiary/aromatic N) is 2. The number of aromatic amines is 1. The Morgan fingerprint density at radius 3 is 2.70 bits per heavy atom. The molecule has 0 aliphatic rings. The summed E-state index contributed by atoms with van der Waals surface area (Å²) in [5.41, 5.74) is 1.64. The van der Waals surface area contributed by atoms with Crippen molar-refractivity contribution in [1.82, 2.24) is 9.88 Å². The fourth-order valence-corrected chi connectivity index (χ4v) is 3.23. The lowest BCUT2D eigenvalue weighted by molar-refractivity contribution is 0.288. The van der Waals surface area contributed by atoms with Crippen LogP contribution < -0.4 is 9.47 Å². The molecular formula is C24H22FN3O2. The summed E-state index contributed by atoms with van der Waals surface area (Å²) in [5, 5.41) is 1.62. The number of nitrogens with one attached hydrogen (secondary N) is 1. The van der Waals surface area contributed by atoms with E-state index < -0.39 is 0 Å². The van der Waals surface area contributed by atoms with Crippen molar-refractivity contribution >= 4 is 28.1 Å². The summed E-state index contributed by atoms with van der Waals surface area (Å²) < 4.78 is 26.0. The predicted octanol–water partition coefficient (Wildman–Crippen LogP) is 5.73. The fraction of sp³-hybridized carbons (Fsp3) is 0.125. The van der Waals surface area contributed by atoms with Gasteiger partial charge in [-0.15, -0.1) is 0 Å². The van der Waals surface area contributed by atoms with E-state index in [1.165, 1.54) is 18.3 Å². The van der Waals surface area contributed by atoms with Crippen LogP contribution in [-0.4, -0.2) is 36.4 Å². The Balaban J connectivity index is 1.69. The van der Waals surface area contributed by atoms with Crippen molar-refractivity contribution in [2.75, 3.05) is 20.2 Å². The molecular weight excluding hydrogens is 381 g/mol. The minimum Gasteiger partial charge on any atom is -0.489 e. The maximum absolute atomic E-state index is 13.9. The number of aromatic nitrogens is 1. The summed E-state index contributed by atoms with van der Waals surface area (Å²) in [4.78, 5) is 9.24. The second kappa shape index (κ2) is 8.69. The average molecular weight is 403 g/mol. The number of ether oxygens (including phenoxy) is 2. The van der Waals surface area contributed by atoms with Crippen LogP contribution in [-0.2, 0) is 0 Å². The number of benzene rings is 3. The van der Waals surface area contributed by atoms with Crippen LogP contribution in [0.3, 0.4) is 0 Å². The number of H-pyrrole nitrogens is 1. The summed E-state index contributed by atoms with van der Waals surface area (Å²) in [5.74, 6) is 1.69. The molecule has 152 valence electrons.